The molecule has 0 aromatic carbocycles. The van der Waals surface area contributed by atoms with Gasteiger partial charge in [-0.25, -0.2) is 13.1 Å². The summed E-state index contributed by atoms with van der Waals surface area (Å²) < 4.78 is 24.6. The second-order valence-corrected chi connectivity index (χ2v) is 5.58. The Balaban J connectivity index is 4.63. The Labute approximate surface area is 93.5 Å². The van der Waals surface area contributed by atoms with E-state index in [0.717, 1.165) is 0 Å². The number of carboxylic acid groups (broad SMARTS) is 2. The van der Waals surface area contributed by atoms with Crippen molar-refractivity contribution >= 4 is 22.0 Å². The molecule has 0 radical (unpaired) electrons. The van der Waals surface area contributed by atoms with Gasteiger partial charge in [0.2, 0.25) is 10.0 Å². The number of rotatable bonds is 7. The van der Waals surface area contributed by atoms with Crippen molar-refractivity contribution in [2.75, 3.05) is 5.75 Å². The first-order valence-corrected chi connectivity index (χ1v) is 6.24. The Bertz CT molecular complexity index is 361. The van der Waals surface area contributed by atoms with E-state index in [1.807, 2.05) is 4.72 Å². The van der Waals surface area contributed by atoms with Crippen molar-refractivity contribution in [1.82, 2.24) is 4.72 Å². The fraction of sp³-hybridized carbons (Fsp3) is 0.750. The first kappa shape index (κ1) is 14.8. The lowest BCUT2D eigenvalue weighted by Crippen LogP contribution is -2.43. The molecule has 16 heavy (non-hydrogen) atoms. The van der Waals surface area contributed by atoms with Crippen LogP contribution in [0, 0.1) is 5.92 Å². The maximum atomic E-state index is 11.4. The van der Waals surface area contributed by atoms with Crippen molar-refractivity contribution < 1.29 is 28.2 Å². The lowest BCUT2D eigenvalue weighted by molar-refractivity contribution is -0.145. The first-order valence-electron chi connectivity index (χ1n) is 4.58. The summed E-state index contributed by atoms with van der Waals surface area (Å²) in [7, 11) is -3.76. The summed E-state index contributed by atoms with van der Waals surface area (Å²) in [4.78, 5) is 20.9. The molecule has 0 amide bonds. The van der Waals surface area contributed by atoms with Crippen LogP contribution in [-0.2, 0) is 19.6 Å². The highest BCUT2D eigenvalue weighted by Crippen LogP contribution is 2.01. The topological polar surface area (TPSA) is 121 Å². The van der Waals surface area contributed by atoms with Crippen molar-refractivity contribution in [3.63, 3.8) is 0 Å². The van der Waals surface area contributed by atoms with Gasteiger partial charge in [-0.15, -0.1) is 0 Å². The van der Waals surface area contributed by atoms with Crippen LogP contribution in [0.4, 0.5) is 0 Å². The standard InChI is InChI=1S/C8H15NO6S/c1-5(2)4-16(14,15)9-6(8(12)13)3-7(10)11/h5-6,9H,3-4H2,1-2H3,(H,10,11)(H,12,13). The smallest absolute Gasteiger partial charge is 0.322 e. The summed E-state index contributed by atoms with van der Waals surface area (Å²) in [5, 5.41) is 17.0. The molecule has 0 saturated carbocycles. The van der Waals surface area contributed by atoms with E-state index in [1.165, 1.54) is 0 Å². The molecular formula is C8H15NO6S. The van der Waals surface area contributed by atoms with Gasteiger partial charge in [-0.1, -0.05) is 13.8 Å². The van der Waals surface area contributed by atoms with Crippen molar-refractivity contribution in [3.05, 3.63) is 0 Å². The molecule has 1 atom stereocenters. The second kappa shape index (κ2) is 5.80. The highest BCUT2D eigenvalue weighted by Gasteiger charge is 2.26. The number of carbonyl (C=O) groups is 2. The minimum Gasteiger partial charge on any atom is -0.481 e. The van der Waals surface area contributed by atoms with Gasteiger partial charge >= 0.3 is 11.9 Å². The van der Waals surface area contributed by atoms with Crippen LogP contribution < -0.4 is 4.72 Å². The molecule has 94 valence electrons. The molecule has 0 aliphatic heterocycles. The van der Waals surface area contributed by atoms with Gasteiger partial charge < -0.3 is 10.2 Å². The average molecular weight is 253 g/mol. The normalized spacial score (nSPS) is 13.7. The van der Waals surface area contributed by atoms with Gasteiger partial charge in [0, 0.05) is 0 Å². The zero-order chi connectivity index (χ0) is 12.9. The van der Waals surface area contributed by atoms with Crippen LogP contribution in [0.1, 0.15) is 20.3 Å². The minimum atomic E-state index is -3.76. The number of carboxylic acids is 2. The highest BCUT2D eigenvalue weighted by atomic mass is 32.2. The van der Waals surface area contributed by atoms with Crippen LogP contribution in [0.25, 0.3) is 0 Å². The van der Waals surface area contributed by atoms with E-state index in [-0.39, 0.29) is 11.7 Å². The Hall–Kier alpha value is -1.15. The van der Waals surface area contributed by atoms with Gasteiger partial charge in [-0.3, -0.25) is 9.59 Å². The van der Waals surface area contributed by atoms with E-state index in [9.17, 15) is 18.0 Å². The minimum absolute atomic E-state index is 0.170. The Morgan fingerprint density at radius 3 is 2.06 bits per heavy atom. The van der Waals surface area contributed by atoms with Crippen LogP contribution in [0.5, 0.6) is 0 Å². The molecule has 3 N–H and O–H groups in total. The number of hydrogen-bond donors (Lipinski definition) is 3. The SMILES string of the molecule is CC(C)CS(=O)(=O)NC(CC(=O)O)C(=O)O. The maximum absolute atomic E-state index is 11.4. The third kappa shape index (κ3) is 6.36. The lowest BCUT2D eigenvalue weighted by atomic mass is 10.2. The molecule has 7 nitrogen and oxygen atoms in total. The summed E-state index contributed by atoms with van der Waals surface area (Å²) in [6.45, 7) is 3.32. The molecule has 0 rings (SSSR count). The molecular weight excluding hydrogens is 238 g/mol. The summed E-state index contributed by atoms with van der Waals surface area (Å²) in [5.41, 5.74) is 0. The summed E-state index contributed by atoms with van der Waals surface area (Å²) in [6, 6.07) is -1.62. The molecule has 0 spiro atoms. The van der Waals surface area contributed by atoms with Gasteiger partial charge in [0.05, 0.1) is 12.2 Å². The number of aliphatic carboxylic acids is 2. The average Bonchev–Trinajstić information content (AvgIpc) is 1.98. The van der Waals surface area contributed by atoms with Crippen LogP contribution >= 0.6 is 0 Å². The van der Waals surface area contributed by atoms with Crippen molar-refractivity contribution in [2.24, 2.45) is 5.92 Å². The molecule has 0 aromatic heterocycles. The Morgan fingerprint density at radius 1 is 1.25 bits per heavy atom. The number of nitrogens with one attached hydrogen (secondary N) is 1. The zero-order valence-electron chi connectivity index (χ0n) is 9.00. The first-order chi connectivity index (χ1) is 7.14. The van der Waals surface area contributed by atoms with E-state index in [2.05, 4.69) is 0 Å². The molecule has 1 unspecified atom stereocenters. The Kier molecular flexibility index (Phi) is 5.39. The van der Waals surface area contributed by atoms with Crippen LogP contribution in [0.3, 0.4) is 0 Å². The van der Waals surface area contributed by atoms with Crippen LogP contribution in [0.2, 0.25) is 0 Å². The second-order valence-electron chi connectivity index (χ2n) is 3.78. The number of sulfonamides is 1. The summed E-state index contributed by atoms with van der Waals surface area (Å²) in [5.74, 6) is -3.29. The predicted octanol–water partition coefficient (Wildman–Crippen LogP) is -0.510. The molecule has 0 bridgehead atoms. The fourth-order valence-electron chi connectivity index (χ4n) is 1.06. The van der Waals surface area contributed by atoms with Crippen molar-refractivity contribution in [2.45, 2.75) is 26.3 Å². The van der Waals surface area contributed by atoms with Gasteiger partial charge in [0.15, 0.2) is 0 Å². The van der Waals surface area contributed by atoms with Gasteiger partial charge in [0.25, 0.3) is 0 Å². The monoisotopic (exact) mass is 253 g/mol. The van der Waals surface area contributed by atoms with E-state index < -0.39 is 34.4 Å². The van der Waals surface area contributed by atoms with E-state index >= 15 is 0 Å². The van der Waals surface area contributed by atoms with E-state index in [4.69, 9.17) is 10.2 Å². The highest BCUT2D eigenvalue weighted by molar-refractivity contribution is 7.89. The molecule has 0 saturated heterocycles. The molecule has 0 fully saturated rings. The largest absolute Gasteiger partial charge is 0.481 e. The third-order valence-corrected chi connectivity index (χ3v) is 3.30. The van der Waals surface area contributed by atoms with Gasteiger partial charge in [0.1, 0.15) is 6.04 Å². The van der Waals surface area contributed by atoms with Crippen molar-refractivity contribution in [3.8, 4) is 0 Å². The van der Waals surface area contributed by atoms with E-state index in [1.54, 1.807) is 13.8 Å². The molecule has 8 heteroatoms. The summed E-state index contributed by atoms with van der Waals surface area (Å²) >= 11 is 0. The third-order valence-electron chi connectivity index (χ3n) is 1.55. The van der Waals surface area contributed by atoms with Crippen LogP contribution in [-0.4, -0.2) is 42.4 Å². The fourth-order valence-corrected chi connectivity index (χ4v) is 2.65. The Morgan fingerprint density at radius 2 is 1.75 bits per heavy atom. The predicted molar refractivity (Wildman–Crippen MR) is 55.4 cm³/mol. The van der Waals surface area contributed by atoms with E-state index in [0.29, 0.717) is 0 Å². The molecule has 0 aliphatic rings. The molecule has 0 aliphatic carbocycles. The zero-order valence-corrected chi connectivity index (χ0v) is 9.82. The van der Waals surface area contributed by atoms with Crippen molar-refractivity contribution in [1.29, 1.82) is 0 Å². The van der Waals surface area contributed by atoms with Crippen LogP contribution in [0.15, 0.2) is 0 Å². The lowest BCUT2D eigenvalue weighted by Gasteiger charge is -2.13. The number of hydrogen-bond acceptors (Lipinski definition) is 4. The van der Waals surface area contributed by atoms with Gasteiger partial charge in [-0.05, 0) is 5.92 Å². The summed E-state index contributed by atoms with van der Waals surface area (Å²) in [6.07, 6.45) is -0.785. The quantitative estimate of drug-likeness (QED) is 0.562. The molecule has 0 aromatic rings. The molecule has 0 heterocycles. The maximum Gasteiger partial charge on any atom is 0.322 e. The van der Waals surface area contributed by atoms with Gasteiger partial charge in [-0.2, -0.15) is 0 Å².